The molecule has 2 aromatic rings. The molecule has 0 bridgehead atoms. The molecule has 0 N–H and O–H groups in total. The summed E-state index contributed by atoms with van der Waals surface area (Å²) in [7, 11) is 3.16. The van der Waals surface area contributed by atoms with Gasteiger partial charge in [-0.05, 0) is 25.0 Å². The topological polar surface area (TPSA) is 74.5 Å². The zero-order valence-corrected chi connectivity index (χ0v) is 12.0. The molecule has 3 rings (SSSR count). The Morgan fingerprint density at radius 3 is 2.48 bits per heavy atom. The van der Waals surface area contributed by atoms with Gasteiger partial charge in [0.15, 0.2) is 0 Å². The minimum Gasteiger partial charge on any atom is -0.497 e. The average Bonchev–Trinajstić information content (AvgIpc) is 3.15. The van der Waals surface area contributed by atoms with Crippen molar-refractivity contribution in [1.82, 2.24) is 10.1 Å². The van der Waals surface area contributed by atoms with Gasteiger partial charge in [-0.15, -0.1) is 0 Å². The second-order valence-electron chi connectivity index (χ2n) is 4.97. The Balaban J connectivity index is 1.94. The number of ether oxygens (including phenoxy) is 2. The van der Waals surface area contributed by atoms with E-state index in [1.165, 1.54) is 0 Å². The van der Waals surface area contributed by atoms with E-state index in [1.54, 1.807) is 32.4 Å². The van der Waals surface area contributed by atoms with E-state index >= 15 is 0 Å². The van der Waals surface area contributed by atoms with E-state index in [1.807, 2.05) is 0 Å². The summed E-state index contributed by atoms with van der Waals surface area (Å²) in [6.45, 7) is 0. The molecule has 21 heavy (non-hydrogen) atoms. The van der Waals surface area contributed by atoms with E-state index in [2.05, 4.69) is 10.1 Å². The number of aromatic nitrogens is 2. The third-order valence-electron chi connectivity index (χ3n) is 3.65. The van der Waals surface area contributed by atoms with Crippen LogP contribution in [0.3, 0.4) is 0 Å². The van der Waals surface area contributed by atoms with Crippen molar-refractivity contribution in [3.8, 4) is 22.9 Å². The number of hydrogen-bond donors (Lipinski definition) is 0. The van der Waals surface area contributed by atoms with Gasteiger partial charge >= 0.3 is 0 Å². The lowest BCUT2D eigenvalue weighted by Crippen LogP contribution is -2.04. The van der Waals surface area contributed by atoms with Crippen LogP contribution in [0.4, 0.5) is 0 Å². The normalized spacial score (nSPS) is 18.0. The van der Waals surface area contributed by atoms with Gasteiger partial charge in [0, 0.05) is 18.1 Å². The molecule has 1 atom stereocenters. The quantitative estimate of drug-likeness (QED) is 0.860. The molecule has 1 aromatic heterocycles. The predicted octanol–water partition coefficient (Wildman–Crippen LogP) is 2.59. The Morgan fingerprint density at radius 1 is 1.19 bits per heavy atom. The van der Waals surface area contributed by atoms with Crippen LogP contribution in [0.25, 0.3) is 11.4 Å². The molecule has 6 heteroatoms. The number of hydrogen-bond acceptors (Lipinski definition) is 6. The molecule has 1 aliphatic carbocycles. The second-order valence-corrected chi connectivity index (χ2v) is 4.97. The number of rotatable bonds is 4. The predicted molar refractivity (Wildman–Crippen MR) is 74.4 cm³/mol. The van der Waals surface area contributed by atoms with Crippen LogP contribution in [0.5, 0.6) is 11.5 Å². The molecule has 1 heterocycles. The summed E-state index contributed by atoms with van der Waals surface area (Å²) < 4.78 is 15.7. The van der Waals surface area contributed by atoms with Gasteiger partial charge in [0.2, 0.25) is 11.7 Å². The highest BCUT2D eigenvalue weighted by molar-refractivity contribution is 5.86. The Hall–Kier alpha value is -2.37. The third kappa shape index (κ3) is 2.61. The first-order valence-corrected chi connectivity index (χ1v) is 6.81. The maximum atomic E-state index is 11.8. The molecule has 1 aliphatic rings. The fourth-order valence-electron chi connectivity index (χ4n) is 2.51. The SMILES string of the molecule is COc1cc(OC)cc(-c2noc(C3CCCC3=O)n2)c1. The maximum absolute atomic E-state index is 11.8. The molecule has 0 radical (unpaired) electrons. The van der Waals surface area contributed by atoms with Crippen LogP contribution in [0.1, 0.15) is 31.1 Å². The van der Waals surface area contributed by atoms with Crippen molar-refractivity contribution in [3.63, 3.8) is 0 Å². The van der Waals surface area contributed by atoms with Gasteiger partial charge in [-0.2, -0.15) is 4.98 Å². The minimum absolute atomic E-state index is 0.174. The van der Waals surface area contributed by atoms with E-state index in [0.717, 1.165) is 18.4 Å². The minimum atomic E-state index is -0.251. The van der Waals surface area contributed by atoms with Crippen LogP contribution < -0.4 is 9.47 Å². The van der Waals surface area contributed by atoms with E-state index in [9.17, 15) is 4.79 Å². The van der Waals surface area contributed by atoms with Crippen molar-refractivity contribution in [3.05, 3.63) is 24.1 Å². The Kier molecular flexibility index (Phi) is 3.60. The van der Waals surface area contributed by atoms with Crippen molar-refractivity contribution in [2.24, 2.45) is 0 Å². The average molecular weight is 288 g/mol. The lowest BCUT2D eigenvalue weighted by Gasteiger charge is -2.05. The highest BCUT2D eigenvalue weighted by Gasteiger charge is 2.31. The molecule has 1 unspecified atom stereocenters. The first-order valence-electron chi connectivity index (χ1n) is 6.81. The number of methoxy groups -OCH3 is 2. The summed E-state index contributed by atoms with van der Waals surface area (Å²) in [5.74, 6) is 2.05. The van der Waals surface area contributed by atoms with Crippen LogP contribution in [0.15, 0.2) is 22.7 Å². The molecule has 0 saturated heterocycles. The van der Waals surface area contributed by atoms with Gasteiger partial charge < -0.3 is 14.0 Å². The van der Waals surface area contributed by atoms with E-state index in [4.69, 9.17) is 14.0 Å². The zero-order valence-electron chi connectivity index (χ0n) is 12.0. The molecular formula is C15H16N2O4. The molecular weight excluding hydrogens is 272 g/mol. The zero-order chi connectivity index (χ0) is 14.8. The number of carbonyl (C=O) groups excluding carboxylic acids is 1. The van der Waals surface area contributed by atoms with Gasteiger partial charge in [0.25, 0.3) is 0 Å². The van der Waals surface area contributed by atoms with Gasteiger partial charge in [-0.25, -0.2) is 0 Å². The lowest BCUT2D eigenvalue weighted by atomic mass is 10.1. The fraction of sp³-hybridized carbons (Fsp3) is 0.400. The standard InChI is InChI=1S/C15H16N2O4/c1-19-10-6-9(7-11(8-10)20-2)14-16-15(21-17-14)12-4-3-5-13(12)18/h6-8,12H,3-5H2,1-2H3. The monoisotopic (exact) mass is 288 g/mol. The fourth-order valence-corrected chi connectivity index (χ4v) is 2.51. The summed E-state index contributed by atoms with van der Waals surface area (Å²) in [5.41, 5.74) is 0.728. The largest absolute Gasteiger partial charge is 0.497 e. The van der Waals surface area contributed by atoms with Gasteiger partial charge in [0.05, 0.1) is 20.1 Å². The number of nitrogens with zero attached hydrogens (tertiary/aromatic N) is 2. The Labute approximate surface area is 122 Å². The van der Waals surface area contributed by atoms with Crippen molar-refractivity contribution in [2.45, 2.75) is 25.2 Å². The molecule has 6 nitrogen and oxygen atoms in total. The molecule has 0 aliphatic heterocycles. The van der Waals surface area contributed by atoms with Gasteiger partial charge in [0.1, 0.15) is 17.3 Å². The van der Waals surface area contributed by atoms with Crippen LogP contribution in [-0.4, -0.2) is 30.1 Å². The highest BCUT2D eigenvalue weighted by Crippen LogP contribution is 2.33. The van der Waals surface area contributed by atoms with Crippen LogP contribution in [0, 0.1) is 0 Å². The second kappa shape index (κ2) is 5.55. The van der Waals surface area contributed by atoms with Crippen molar-refractivity contribution in [2.75, 3.05) is 14.2 Å². The number of Topliss-reactive ketones (excluding diaryl/α,β-unsaturated/α-hetero) is 1. The van der Waals surface area contributed by atoms with E-state index in [0.29, 0.717) is 29.6 Å². The highest BCUT2D eigenvalue weighted by atomic mass is 16.5. The van der Waals surface area contributed by atoms with Crippen molar-refractivity contribution >= 4 is 5.78 Å². The summed E-state index contributed by atoms with van der Waals surface area (Å²) in [4.78, 5) is 16.1. The summed E-state index contributed by atoms with van der Waals surface area (Å²) in [5, 5.41) is 3.97. The Bertz CT molecular complexity index is 643. The van der Waals surface area contributed by atoms with Crippen LogP contribution in [0.2, 0.25) is 0 Å². The molecule has 0 spiro atoms. The number of benzene rings is 1. The first kappa shape index (κ1) is 13.6. The molecule has 0 amide bonds. The summed E-state index contributed by atoms with van der Waals surface area (Å²) in [6, 6.07) is 5.37. The lowest BCUT2D eigenvalue weighted by molar-refractivity contribution is -0.119. The molecule has 1 aromatic carbocycles. The van der Waals surface area contributed by atoms with Crippen LogP contribution >= 0.6 is 0 Å². The van der Waals surface area contributed by atoms with Crippen molar-refractivity contribution < 1.29 is 18.8 Å². The number of carbonyl (C=O) groups is 1. The van der Waals surface area contributed by atoms with E-state index in [-0.39, 0.29) is 11.7 Å². The van der Waals surface area contributed by atoms with Crippen LogP contribution in [-0.2, 0) is 4.79 Å². The number of ketones is 1. The smallest absolute Gasteiger partial charge is 0.237 e. The molecule has 1 fully saturated rings. The van der Waals surface area contributed by atoms with E-state index < -0.39 is 0 Å². The Morgan fingerprint density at radius 2 is 1.90 bits per heavy atom. The first-order chi connectivity index (χ1) is 10.2. The van der Waals surface area contributed by atoms with Gasteiger partial charge in [-0.1, -0.05) is 5.16 Å². The third-order valence-corrected chi connectivity index (χ3v) is 3.65. The van der Waals surface area contributed by atoms with Crippen molar-refractivity contribution in [1.29, 1.82) is 0 Å². The van der Waals surface area contributed by atoms with Gasteiger partial charge in [-0.3, -0.25) is 4.79 Å². The summed E-state index contributed by atoms with van der Waals surface area (Å²) >= 11 is 0. The molecule has 110 valence electrons. The molecule has 1 saturated carbocycles. The maximum Gasteiger partial charge on any atom is 0.237 e. The summed E-state index contributed by atoms with van der Waals surface area (Å²) in [6.07, 6.45) is 2.26.